The quantitative estimate of drug-likeness (QED) is 0.713. The number of amides is 1. The molecule has 86 valence electrons. The molecule has 1 saturated heterocycles. The second-order valence-electron chi connectivity index (χ2n) is 4.75. The molecule has 1 fully saturated rings. The summed E-state index contributed by atoms with van der Waals surface area (Å²) >= 11 is 0. The SMILES string of the molecule is Cn1nc(C(N)=O)c2c1CC1CCCC2N1. The maximum atomic E-state index is 11.4. The molecule has 2 bridgehead atoms. The lowest BCUT2D eigenvalue weighted by Gasteiger charge is -2.36. The number of hydrogen-bond acceptors (Lipinski definition) is 3. The number of nitrogens with zero attached hydrogens (tertiary/aromatic N) is 2. The van der Waals surface area contributed by atoms with E-state index >= 15 is 0 Å². The van der Waals surface area contributed by atoms with E-state index in [1.165, 1.54) is 18.5 Å². The summed E-state index contributed by atoms with van der Waals surface area (Å²) in [6.07, 6.45) is 4.47. The Morgan fingerprint density at radius 1 is 1.56 bits per heavy atom. The van der Waals surface area contributed by atoms with Gasteiger partial charge in [-0.2, -0.15) is 5.10 Å². The van der Waals surface area contributed by atoms with Crippen molar-refractivity contribution in [2.24, 2.45) is 12.8 Å². The van der Waals surface area contributed by atoms with Crippen molar-refractivity contribution in [2.45, 2.75) is 37.8 Å². The molecule has 1 amide bonds. The van der Waals surface area contributed by atoms with Crippen LogP contribution in [0.5, 0.6) is 0 Å². The predicted octanol–water partition coefficient (Wildman–Crippen LogP) is 0.258. The fourth-order valence-corrected chi connectivity index (χ4v) is 3.01. The standard InChI is InChI=1S/C11H16N4O/c1-15-8-5-6-3-2-4-7(13-6)9(8)10(14-15)11(12)16/h6-7,13H,2-5H2,1H3,(H2,12,16). The van der Waals surface area contributed by atoms with Gasteiger partial charge in [0.1, 0.15) is 0 Å². The Morgan fingerprint density at radius 3 is 3.12 bits per heavy atom. The van der Waals surface area contributed by atoms with Crippen LogP contribution in [0.1, 0.15) is 47.1 Å². The highest BCUT2D eigenvalue weighted by molar-refractivity contribution is 5.92. The summed E-state index contributed by atoms with van der Waals surface area (Å²) in [5.74, 6) is -0.414. The molecule has 1 aromatic heterocycles. The van der Waals surface area contributed by atoms with Crippen molar-refractivity contribution in [3.63, 3.8) is 0 Å². The number of aromatic nitrogens is 2. The lowest BCUT2D eigenvalue weighted by atomic mass is 9.84. The number of hydrogen-bond donors (Lipinski definition) is 2. The normalized spacial score (nSPS) is 27.6. The van der Waals surface area contributed by atoms with E-state index in [0.717, 1.165) is 18.4 Å². The number of primary amides is 1. The van der Waals surface area contributed by atoms with Gasteiger partial charge in [0.05, 0.1) is 0 Å². The largest absolute Gasteiger partial charge is 0.364 e. The highest BCUT2D eigenvalue weighted by Gasteiger charge is 2.35. The number of piperidine rings is 1. The first kappa shape index (κ1) is 9.84. The summed E-state index contributed by atoms with van der Waals surface area (Å²) in [4.78, 5) is 11.4. The van der Waals surface area contributed by atoms with Gasteiger partial charge in [-0.3, -0.25) is 9.48 Å². The molecule has 16 heavy (non-hydrogen) atoms. The van der Waals surface area contributed by atoms with Gasteiger partial charge < -0.3 is 11.1 Å². The van der Waals surface area contributed by atoms with Gasteiger partial charge in [-0.25, -0.2) is 0 Å². The van der Waals surface area contributed by atoms with E-state index in [2.05, 4.69) is 10.4 Å². The van der Waals surface area contributed by atoms with Crippen molar-refractivity contribution in [1.82, 2.24) is 15.1 Å². The Labute approximate surface area is 94.0 Å². The summed E-state index contributed by atoms with van der Waals surface area (Å²) < 4.78 is 1.82. The van der Waals surface area contributed by atoms with Crippen LogP contribution in [0.2, 0.25) is 0 Å². The maximum Gasteiger partial charge on any atom is 0.269 e. The summed E-state index contributed by atoms with van der Waals surface area (Å²) in [6, 6.07) is 0.820. The Hall–Kier alpha value is -1.36. The van der Waals surface area contributed by atoms with Crippen molar-refractivity contribution in [3.05, 3.63) is 17.0 Å². The van der Waals surface area contributed by atoms with Crippen LogP contribution in [0.15, 0.2) is 0 Å². The molecule has 0 saturated carbocycles. The zero-order valence-corrected chi connectivity index (χ0v) is 9.36. The molecule has 5 heteroatoms. The molecule has 2 atom stereocenters. The van der Waals surface area contributed by atoms with E-state index in [1.54, 1.807) is 0 Å². The van der Waals surface area contributed by atoms with E-state index in [4.69, 9.17) is 5.73 Å². The summed E-state index contributed by atoms with van der Waals surface area (Å²) in [6.45, 7) is 0. The maximum absolute atomic E-state index is 11.4. The molecule has 3 N–H and O–H groups in total. The van der Waals surface area contributed by atoms with E-state index in [9.17, 15) is 4.79 Å². The molecule has 1 aromatic rings. The second kappa shape index (κ2) is 3.31. The van der Waals surface area contributed by atoms with Crippen molar-refractivity contribution >= 4 is 5.91 Å². The van der Waals surface area contributed by atoms with Gasteiger partial charge in [0.15, 0.2) is 5.69 Å². The third kappa shape index (κ3) is 1.28. The van der Waals surface area contributed by atoms with Crippen molar-refractivity contribution in [1.29, 1.82) is 0 Å². The molecule has 0 aliphatic carbocycles. The van der Waals surface area contributed by atoms with Crippen molar-refractivity contribution < 1.29 is 4.79 Å². The topological polar surface area (TPSA) is 72.9 Å². The number of aryl methyl sites for hydroxylation is 1. The van der Waals surface area contributed by atoms with Crippen molar-refractivity contribution in [2.75, 3.05) is 0 Å². The van der Waals surface area contributed by atoms with Crippen LogP contribution in [-0.4, -0.2) is 21.7 Å². The highest BCUT2D eigenvalue weighted by Crippen LogP contribution is 2.35. The van der Waals surface area contributed by atoms with Gasteiger partial charge in [0, 0.05) is 36.8 Å². The number of fused-ring (bicyclic) bond motifs is 4. The molecule has 3 rings (SSSR count). The molecule has 5 nitrogen and oxygen atoms in total. The Balaban J connectivity index is 2.14. The van der Waals surface area contributed by atoms with Gasteiger partial charge in [0.2, 0.25) is 0 Å². The zero-order chi connectivity index (χ0) is 11.3. The van der Waals surface area contributed by atoms with E-state index in [0.29, 0.717) is 11.7 Å². The van der Waals surface area contributed by atoms with E-state index < -0.39 is 5.91 Å². The lowest BCUT2D eigenvalue weighted by Crippen LogP contribution is -2.43. The van der Waals surface area contributed by atoms with Crippen LogP contribution in [0.4, 0.5) is 0 Å². The monoisotopic (exact) mass is 220 g/mol. The van der Waals surface area contributed by atoms with E-state index in [-0.39, 0.29) is 6.04 Å². The van der Waals surface area contributed by atoms with Crippen LogP contribution in [0.3, 0.4) is 0 Å². The Morgan fingerprint density at radius 2 is 2.38 bits per heavy atom. The van der Waals surface area contributed by atoms with Gasteiger partial charge in [-0.05, 0) is 19.3 Å². The number of carbonyl (C=O) groups is 1. The zero-order valence-electron chi connectivity index (χ0n) is 9.36. The third-order valence-corrected chi connectivity index (χ3v) is 3.71. The first-order valence-corrected chi connectivity index (χ1v) is 5.78. The average Bonchev–Trinajstić information content (AvgIpc) is 2.57. The van der Waals surface area contributed by atoms with Crippen LogP contribution < -0.4 is 11.1 Å². The van der Waals surface area contributed by atoms with Gasteiger partial charge in [0.25, 0.3) is 5.91 Å². The average molecular weight is 220 g/mol. The minimum Gasteiger partial charge on any atom is -0.364 e. The first-order valence-electron chi connectivity index (χ1n) is 5.78. The molecule has 2 aliphatic rings. The molecular formula is C11H16N4O. The molecule has 0 radical (unpaired) electrons. The minimum absolute atomic E-state index is 0.277. The Bertz CT molecular complexity index is 451. The van der Waals surface area contributed by atoms with Crippen LogP contribution in [-0.2, 0) is 13.5 Å². The fourth-order valence-electron chi connectivity index (χ4n) is 3.01. The van der Waals surface area contributed by atoms with Gasteiger partial charge in [-0.15, -0.1) is 0 Å². The third-order valence-electron chi connectivity index (χ3n) is 3.71. The molecule has 0 spiro atoms. The molecule has 2 unspecified atom stereocenters. The predicted molar refractivity (Wildman–Crippen MR) is 58.9 cm³/mol. The van der Waals surface area contributed by atoms with Crippen molar-refractivity contribution in [3.8, 4) is 0 Å². The Kier molecular flexibility index (Phi) is 2.04. The minimum atomic E-state index is -0.414. The lowest BCUT2D eigenvalue weighted by molar-refractivity contribution is 0.0992. The van der Waals surface area contributed by atoms with Gasteiger partial charge >= 0.3 is 0 Å². The number of rotatable bonds is 1. The number of nitrogens with two attached hydrogens (primary N) is 1. The fraction of sp³-hybridized carbons (Fsp3) is 0.636. The smallest absolute Gasteiger partial charge is 0.269 e. The summed E-state index contributed by atoms with van der Waals surface area (Å²) in [7, 11) is 1.90. The number of carbonyl (C=O) groups excluding carboxylic acids is 1. The first-order chi connectivity index (χ1) is 7.66. The molecule has 2 aliphatic heterocycles. The number of nitrogens with one attached hydrogen (secondary N) is 1. The van der Waals surface area contributed by atoms with Crippen LogP contribution in [0, 0.1) is 0 Å². The second-order valence-corrected chi connectivity index (χ2v) is 4.75. The molecular weight excluding hydrogens is 204 g/mol. The molecule has 0 aromatic carbocycles. The van der Waals surface area contributed by atoms with E-state index in [1.807, 2.05) is 11.7 Å². The molecule has 3 heterocycles. The summed E-state index contributed by atoms with van der Waals surface area (Å²) in [5, 5.41) is 7.81. The van der Waals surface area contributed by atoms with Crippen LogP contribution in [0.25, 0.3) is 0 Å². The highest BCUT2D eigenvalue weighted by atomic mass is 16.1. The van der Waals surface area contributed by atoms with Gasteiger partial charge in [-0.1, -0.05) is 0 Å². The summed E-state index contributed by atoms with van der Waals surface area (Å²) in [5.41, 5.74) is 8.06. The van der Waals surface area contributed by atoms with Crippen LogP contribution >= 0.6 is 0 Å².